The SMILES string of the molecule is CN(c1cc[n+](C[C@H]2C[C@@H]2C[n+]2ccc(N(C)c3cc(Cl)cc(Cl)c3)cc2)cc1)c1cc(Cl)cc(Cl)c1.[Br-].[Br-]. The zero-order valence-electron chi connectivity index (χ0n) is 21.4. The molecule has 1 aliphatic rings. The molecule has 4 nitrogen and oxygen atoms in total. The fourth-order valence-corrected chi connectivity index (χ4v) is 5.68. The van der Waals surface area contributed by atoms with Gasteiger partial charge in [0.05, 0.1) is 11.4 Å². The van der Waals surface area contributed by atoms with Gasteiger partial charge >= 0.3 is 0 Å². The van der Waals surface area contributed by atoms with Gasteiger partial charge in [0.1, 0.15) is 0 Å². The van der Waals surface area contributed by atoms with E-state index in [-0.39, 0.29) is 34.0 Å². The summed E-state index contributed by atoms with van der Waals surface area (Å²) in [5.41, 5.74) is 4.09. The van der Waals surface area contributed by atoms with Gasteiger partial charge in [0.25, 0.3) is 0 Å². The van der Waals surface area contributed by atoms with Gasteiger partial charge < -0.3 is 43.8 Å². The van der Waals surface area contributed by atoms with E-state index in [1.165, 1.54) is 6.42 Å². The van der Waals surface area contributed by atoms with Crippen molar-refractivity contribution in [3.05, 3.63) is 106 Å². The Labute approximate surface area is 271 Å². The highest BCUT2D eigenvalue weighted by Crippen LogP contribution is 2.39. The fourth-order valence-electron chi connectivity index (χ4n) is 4.65. The van der Waals surface area contributed by atoms with E-state index >= 15 is 0 Å². The number of rotatable bonds is 8. The number of nitrogens with zero attached hydrogens (tertiary/aromatic N) is 4. The second kappa shape index (κ2) is 13.9. The summed E-state index contributed by atoms with van der Waals surface area (Å²) in [4.78, 5) is 4.17. The van der Waals surface area contributed by atoms with Gasteiger partial charge in [0.2, 0.25) is 0 Å². The quantitative estimate of drug-likeness (QED) is 0.257. The molecule has 0 saturated heterocycles. The van der Waals surface area contributed by atoms with E-state index in [4.69, 9.17) is 46.4 Å². The minimum Gasteiger partial charge on any atom is -1.00 e. The molecule has 5 rings (SSSR count). The molecule has 0 aliphatic heterocycles. The van der Waals surface area contributed by atoms with Gasteiger partial charge in [0.15, 0.2) is 37.9 Å². The highest BCUT2D eigenvalue weighted by Gasteiger charge is 2.42. The summed E-state index contributed by atoms with van der Waals surface area (Å²) in [5, 5.41) is 2.52. The Morgan fingerprint density at radius 1 is 0.564 bits per heavy atom. The number of benzene rings is 2. The van der Waals surface area contributed by atoms with Crippen molar-refractivity contribution < 1.29 is 43.1 Å². The summed E-state index contributed by atoms with van der Waals surface area (Å²) >= 11 is 24.7. The van der Waals surface area contributed by atoms with Crippen LogP contribution in [0.2, 0.25) is 20.1 Å². The van der Waals surface area contributed by atoms with Crippen molar-refractivity contribution in [1.29, 1.82) is 0 Å². The second-order valence-corrected chi connectivity index (χ2v) is 11.4. The summed E-state index contributed by atoms with van der Waals surface area (Å²) in [7, 11) is 4.03. The maximum Gasteiger partial charge on any atom is 0.170 e. The fraction of sp³-hybridized carbons (Fsp3) is 0.241. The third kappa shape index (κ3) is 8.25. The number of hydrogen-bond donors (Lipinski definition) is 0. The Balaban J connectivity index is 0.00000210. The third-order valence-corrected chi connectivity index (χ3v) is 7.82. The molecule has 206 valence electrons. The molecule has 0 radical (unpaired) electrons. The van der Waals surface area contributed by atoms with Gasteiger partial charge in [-0.1, -0.05) is 46.4 Å². The predicted octanol–water partition coefficient (Wildman–Crippen LogP) is 1.76. The number of aromatic nitrogens is 2. The van der Waals surface area contributed by atoms with E-state index in [0.29, 0.717) is 31.9 Å². The predicted molar refractivity (Wildman–Crippen MR) is 154 cm³/mol. The lowest BCUT2D eigenvalue weighted by atomic mass is 10.2. The lowest BCUT2D eigenvalue weighted by Gasteiger charge is -2.19. The van der Waals surface area contributed by atoms with Crippen LogP contribution in [0.1, 0.15) is 6.42 Å². The number of anilines is 4. The van der Waals surface area contributed by atoms with Crippen LogP contribution in [0.3, 0.4) is 0 Å². The molecular weight excluding hydrogens is 706 g/mol. The molecule has 0 unspecified atom stereocenters. The molecule has 0 N–H and O–H groups in total. The Bertz CT molecular complexity index is 1260. The average Bonchev–Trinajstić information content (AvgIpc) is 3.59. The minimum atomic E-state index is 0. The molecule has 4 aromatic rings. The van der Waals surface area contributed by atoms with Crippen LogP contribution in [0.4, 0.5) is 22.7 Å². The normalized spacial score (nSPS) is 15.6. The van der Waals surface area contributed by atoms with E-state index in [1.54, 1.807) is 12.1 Å². The number of hydrogen-bond acceptors (Lipinski definition) is 2. The maximum absolute atomic E-state index is 6.17. The zero-order valence-corrected chi connectivity index (χ0v) is 27.6. The van der Waals surface area contributed by atoms with Crippen molar-refractivity contribution in [2.45, 2.75) is 19.5 Å². The lowest BCUT2D eigenvalue weighted by molar-refractivity contribution is -0.709. The van der Waals surface area contributed by atoms with E-state index < -0.39 is 0 Å². The first-order chi connectivity index (χ1) is 17.7. The topological polar surface area (TPSA) is 14.2 Å². The first-order valence-electron chi connectivity index (χ1n) is 12.1. The molecule has 2 aromatic heterocycles. The second-order valence-electron chi connectivity index (χ2n) is 9.64. The molecule has 2 aromatic carbocycles. The number of halogens is 6. The molecule has 1 saturated carbocycles. The molecule has 0 spiro atoms. The highest BCUT2D eigenvalue weighted by molar-refractivity contribution is 6.35. The first kappa shape index (κ1) is 32.0. The van der Waals surface area contributed by atoms with Crippen LogP contribution in [0, 0.1) is 11.8 Å². The summed E-state index contributed by atoms with van der Waals surface area (Å²) < 4.78 is 4.54. The van der Waals surface area contributed by atoms with Crippen LogP contribution in [0.25, 0.3) is 0 Å². The molecule has 39 heavy (non-hydrogen) atoms. The van der Waals surface area contributed by atoms with Gasteiger partial charge in [-0.3, -0.25) is 0 Å². The van der Waals surface area contributed by atoms with Gasteiger partial charge in [-0.05, 0) is 42.8 Å². The molecule has 1 fully saturated rings. The Hall–Kier alpha value is -1.54. The highest BCUT2D eigenvalue weighted by atomic mass is 79.9. The average molecular weight is 734 g/mol. The molecule has 10 heteroatoms. The van der Waals surface area contributed by atoms with Crippen LogP contribution in [0.5, 0.6) is 0 Å². The van der Waals surface area contributed by atoms with E-state index in [0.717, 1.165) is 35.8 Å². The van der Waals surface area contributed by atoms with Crippen LogP contribution < -0.4 is 52.9 Å². The van der Waals surface area contributed by atoms with E-state index in [2.05, 4.69) is 68.0 Å². The smallest absolute Gasteiger partial charge is 0.170 e. The summed E-state index contributed by atoms with van der Waals surface area (Å²) in [6.07, 6.45) is 9.83. The van der Waals surface area contributed by atoms with Crippen molar-refractivity contribution in [1.82, 2.24) is 0 Å². The molecule has 0 bridgehead atoms. The van der Waals surface area contributed by atoms with Crippen molar-refractivity contribution in [3.63, 3.8) is 0 Å². The van der Waals surface area contributed by atoms with E-state index in [1.807, 2.05) is 38.4 Å². The molecule has 2 heterocycles. The van der Waals surface area contributed by atoms with Crippen molar-refractivity contribution >= 4 is 69.2 Å². The Morgan fingerprint density at radius 3 is 1.18 bits per heavy atom. The van der Waals surface area contributed by atoms with Crippen molar-refractivity contribution in [2.75, 3.05) is 23.9 Å². The summed E-state index contributed by atoms with van der Waals surface area (Å²) in [5.74, 6) is 1.37. The minimum absolute atomic E-state index is 0. The first-order valence-corrected chi connectivity index (χ1v) is 13.6. The van der Waals surface area contributed by atoms with Gasteiger partial charge in [-0.2, -0.15) is 0 Å². The van der Waals surface area contributed by atoms with Gasteiger partial charge in [-0.25, -0.2) is 9.13 Å². The third-order valence-electron chi connectivity index (χ3n) is 6.95. The lowest BCUT2D eigenvalue weighted by Crippen LogP contribution is -3.00. The maximum atomic E-state index is 6.17. The van der Waals surface area contributed by atoms with Crippen LogP contribution in [-0.4, -0.2) is 14.1 Å². The van der Waals surface area contributed by atoms with Crippen LogP contribution in [-0.2, 0) is 13.1 Å². The van der Waals surface area contributed by atoms with Gasteiger partial charge in [0, 0.05) is 81.7 Å². The summed E-state index contributed by atoms with van der Waals surface area (Å²) in [6.45, 7) is 2.04. The Morgan fingerprint density at radius 2 is 0.872 bits per heavy atom. The van der Waals surface area contributed by atoms with Crippen LogP contribution >= 0.6 is 46.4 Å². The largest absolute Gasteiger partial charge is 1.00 e. The standard InChI is InChI=1S/C29H28Cl4N4.2BrH/c1-34(28-14-22(30)12-23(31)15-28)26-3-7-36(8-4-26)18-20-11-21(20)19-37-9-5-27(6-10-37)35(2)29-16-24(32)13-25(33)17-29;;/h3-10,12-17,20-21H,11,18-19H2,1-2H3;2*1H/q+2;;/p-2/t20-,21-;;/m1../s1. The van der Waals surface area contributed by atoms with Crippen LogP contribution in [0.15, 0.2) is 85.5 Å². The molecular formula is C29H28Br2Cl4N4. The van der Waals surface area contributed by atoms with Crippen molar-refractivity contribution in [3.8, 4) is 0 Å². The monoisotopic (exact) mass is 730 g/mol. The molecule has 0 amide bonds. The molecule has 2 atom stereocenters. The van der Waals surface area contributed by atoms with E-state index in [9.17, 15) is 0 Å². The summed E-state index contributed by atoms with van der Waals surface area (Å²) in [6, 6.07) is 19.7. The van der Waals surface area contributed by atoms with Gasteiger partial charge in [-0.15, -0.1) is 0 Å². The Kier molecular flexibility index (Phi) is 11.4. The molecule has 1 aliphatic carbocycles. The van der Waals surface area contributed by atoms with Crippen molar-refractivity contribution in [2.24, 2.45) is 11.8 Å². The number of pyridine rings is 2. The zero-order chi connectivity index (χ0) is 26.1.